The molecule has 0 saturated carbocycles. The SMILES string of the molecule is CCC(NC(CCCNC(=N)N)C(N)=O)C(=O)C(Cc1ccccc1)NC(=O)C(N)Cc1ccccc1. The van der Waals surface area contributed by atoms with E-state index in [0.29, 0.717) is 32.2 Å². The van der Waals surface area contributed by atoms with Crippen LogP contribution in [0.1, 0.15) is 37.3 Å². The van der Waals surface area contributed by atoms with E-state index in [1.165, 1.54) is 0 Å². The number of hydrogen-bond donors (Lipinski definition) is 7. The minimum absolute atomic E-state index is 0.157. The highest BCUT2D eigenvalue weighted by molar-refractivity contribution is 5.94. The number of carbonyl (C=O) groups is 3. The van der Waals surface area contributed by atoms with Gasteiger partial charge in [-0.05, 0) is 43.2 Å². The van der Waals surface area contributed by atoms with E-state index in [4.69, 9.17) is 22.6 Å². The van der Waals surface area contributed by atoms with Crippen LogP contribution in [-0.2, 0) is 27.2 Å². The summed E-state index contributed by atoms with van der Waals surface area (Å²) in [5.41, 5.74) is 18.9. The molecule has 10 nitrogen and oxygen atoms in total. The number of primary amides is 1. The largest absolute Gasteiger partial charge is 0.370 e. The summed E-state index contributed by atoms with van der Waals surface area (Å²) < 4.78 is 0. The van der Waals surface area contributed by atoms with E-state index in [0.717, 1.165) is 11.1 Å². The summed E-state index contributed by atoms with van der Waals surface area (Å²) in [6.07, 6.45) is 1.89. The molecular weight excluding hydrogens is 470 g/mol. The van der Waals surface area contributed by atoms with Crippen LogP contribution in [0.3, 0.4) is 0 Å². The van der Waals surface area contributed by atoms with Crippen molar-refractivity contribution in [3.05, 3.63) is 71.8 Å². The Morgan fingerprint density at radius 3 is 1.95 bits per heavy atom. The Hall–Kier alpha value is -3.76. The van der Waals surface area contributed by atoms with Crippen molar-refractivity contribution in [2.75, 3.05) is 6.54 Å². The molecule has 0 fully saturated rings. The van der Waals surface area contributed by atoms with E-state index in [1.54, 1.807) is 0 Å². The predicted molar refractivity (Wildman–Crippen MR) is 145 cm³/mol. The van der Waals surface area contributed by atoms with Gasteiger partial charge < -0.3 is 27.8 Å². The number of amides is 2. The Kier molecular flexibility index (Phi) is 12.2. The fourth-order valence-corrected chi connectivity index (χ4v) is 4.04. The molecule has 0 bridgehead atoms. The maximum Gasteiger partial charge on any atom is 0.237 e. The molecule has 0 aliphatic rings. The quantitative estimate of drug-likeness (QED) is 0.0964. The van der Waals surface area contributed by atoms with Crippen molar-refractivity contribution < 1.29 is 14.4 Å². The summed E-state index contributed by atoms with van der Waals surface area (Å²) in [5.74, 6) is -1.41. The van der Waals surface area contributed by atoms with E-state index in [9.17, 15) is 14.4 Å². The number of guanidine groups is 1. The summed E-state index contributed by atoms with van der Waals surface area (Å²) in [6, 6.07) is 15.7. The molecule has 200 valence electrons. The Morgan fingerprint density at radius 2 is 1.43 bits per heavy atom. The van der Waals surface area contributed by atoms with Crippen molar-refractivity contribution >= 4 is 23.6 Å². The van der Waals surface area contributed by atoms with Gasteiger partial charge in [0.1, 0.15) is 0 Å². The second-order valence-corrected chi connectivity index (χ2v) is 9.01. The van der Waals surface area contributed by atoms with Gasteiger partial charge in [0.15, 0.2) is 11.7 Å². The van der Waals surface area contributed by atoms with Gasteiger partial charge in [-0.3, -0.25) is 25.1 Å². The third kappa shape index (κ3) is 10.4. The molecule has 0 radical (unpaired) electrons. The molecule has 0 heterocycles. The normalized spacial score (nSPS) is 14.1. The monoisotopic (exact) mass is 509 g/mol. The predicted octanol–water partition coefficient (Wildman–Crippen LogP) is 0.338. The van der Waals surface area contributed by atoms with Crippen LogP contribution in [-0.4, -0.2) is 54.3 Å². The number of nitrogens with two attached hydrogens (primary N) is 3. The van der Waals surface area contributed by atoms with Crippen molar-refractivity contribution in [1.29, 1.82) is 5.41 Å². The average Bonchev–Trinajstić information content (AvgIpc) is 2.88. The van der Waals surface area contributed by atoms with Gasteiger partial charge in [0, 0.05) is 6.54 Å². The van der Waals surface area contributed by atoms with Gasteiger partial charge in [-0.15, -0.1) is 0 Å². The summed E-state index contributed by atoms with van der Waals surface area (Å²) >= 11 is 0. The molecule has 0 aromatic heterocycles. The number of hydrogen-bond acceptors (Lipinski definition) is 6. The first-order chi connectivity index (χ1) is 17.7. The topological polar surface area (TPSA) is 189 Å². The van der Waals surface area contributed by atoms with Gasteiger partial charge in [-0.2, -0.15) is 0 Å². The number of rotatable bonds is 16. The van der Waals surface area contributed by atoms with Gasteiger partial charge in [0.25, 0.3) is 0 Å². The van der Waals surface area contributed by atoms with Crippen LogP contribution in [0.4, 0.5) is 0 Å². The second kappa shape index (κ2) is 15.4. The van der Waals surface area contributed by atoms with E-state index in [-0.39, 0.29) is 18.2 Å². The summed E-state index contributed by atoms with van der Waals surface area (Å²) in [7, 11) is 0. The highest BCUT2D eigenvalue weighted by Gasteiger charge is 2.31. The summed E-state index contributed by atoms with van der Waals surface area (Å²) in [4.78, 5) is 38.7. The van der Waals surface area contributed by atoms with E-state index >= 15 is 0 Å². The van der Waals surface area contributed by atoms with E-state index < -0.39 is 36.0 Å². The minimum Gasteiger partial charge on any atom is -0.370 e. The number of nitrogens with one attached hydrogen (secondary N) is 4. The fraction of sp³-hybridized carbons (Fsp3) is 0.407. The van der Waals surface area contributed by atoms with Crippen molar-refractivity contribution in [2.45, 2.75) is 63.2 Å². The van der Waals surface area contributed by atoms with Gasteiger partial charge in [-0.25, -0.2) is 0 Å². The lowest BCUT2D eigenvalue weighted by molar-refractivity contribution is -0.130. The molecular formula is C27H39N7O3. The molecule has 0 saturated heterocycles. The molecule has 0 aliphatic heterocycles. The second-order valence-electron chi connectivity index (χ2n) is 9.01. The fourth-order valence-electron chi connectivity index (χ4n) is 4.04. The zero-order valence-corrected chi connectivity index (χ0v) is 21.3. The third-order valence-electron chi connectivity index (χ3n) is 6.06. The standard InChI is InChI=1S/C27H39N7O3/c1-2-21(33-22(25(29)36)14-9-15-32-27(30)31)24(35)23(17-19-12-7-4-8-13-19)34-26(37)20(28)16-18-10-5-3-6-11-18/h3-8,10-13,20-23,33H,2,9,14-17,28H2,1H3,(H2,29,36)(H,34,37)(H4,30,31,32). The molecule has 2 aromatic carbocycles. The Bertz CT molecular complexity index is 1020. The van der Waals surface area contributed by atoms with Crippen LogP contribution in [0.5, 0.6) is 0 Å². The van der Waals surface area contributed by atoms with Crippen molar-refractivity contribution in [1.82, 2.24) is 16.0 Å². The van der Waals surface area contributed by atoms with Crippen molar-refractivity contribution in [3.63, 3.8) is 0 Å². The molecule has 4 atom stereocenters. The Labute approximate surface area is 218 Å². The molecule has 0 aliphatic carbocycles. The van der Waals surface area contributed by atoms with Crippen LogP contribution in [0.25, 0.3) is 0 Å². The van der Waals surface area contributed by atoms with Gasteiger partial charge >= 0.3 is 0 Å². The number of Topliss-reactive ketones (excluding diaryl/α,β-unsaturated/α-hetero) is 1. The Balaban J connectivity index is 2.14. The zero-order valence-electron chi connectivity index (χ0n) is 21.3. The summed E-state index contributed by atoms with van der Waals surface area (Å²) in [6.45, 7) is 2.23. The molecule has 10 heteroatoms. The number of benzene rings is 2. The van der Waals surface area contributed by atoms with Crippen LogP contribution in [0.2, 0.25) is 0 Å². The van der Waals surface area contributed by atoms with Gasteiger partial charge in [-0.1, -0.05) is 67.6 Å². The lowest BCUT2D eigenvalue weighted by Gasteiger charge is -2.27. The molecule has 2 amide bonds. The molecule has 2 rings (SSSR count). The number of ketones is 1. The third-order valence-corrected chi connectivity index (χ3v) is 6.06. The van der Waals surface area contributed by atoms with E-state index in [1.807, 2.05) is 67.6 Å². The highest BCUT2D eigenvalue weighted by atomic mass is 16.2. The lowest BCUT2D eigenvalue weighted by atomic mass is 9.94. The van der Waals surface area contributed by atoms with Crippen LogP contribution in [0.15, 0.2) is 60.7 Å². The first-order valence-electron chi connectivity index (χ1n) is 12.5. The first kappa shape index (κ1) is 29.5. The average molecular weight is 510 g/mol. The molecule has 0 spiro atoms. The van der Waals surface area contributed by atoms with E-state index in [2.05, 4.69) is 16.0 Å². The summed E-state index contributed by atoms with van der Waals surface area (Å²) in [5, 5.41) is 15.8. The molecule has 2 aromatic rings. The van der Waals surface area contributed by atoms with Crippen LogP contribution >= 0.6 is 0 Å². The molecule has 4 unspecified atom stereocenters. The maximum atomic E-state index is 13.6. The Morgan fingerprint density at radius 1 is 0.865 bits per heavy atom. The highest BCUT2D eigenvalue weighted by Crippen LogP contribution is 2.10. The lowest BCUT2D eigenvalue weighted by Crippen LogP contribution is -2.57. The van der Waals surface area contributed by atoms with Crippen molar-refractivity contribution in [2.24, 2.45) is 17.2 Å². The smallest absolute Gasteiger partial charge is 0.237 e. The number of carbonyl (C=O) groups excluding carboxylic acids is 3. The zero-order chi connectivity index (χ0) is 27.2. The van der Waals surface area contributed by atoms with Gasteiger partial charge in [0.05, 0.1) is 24.2 Å². The maximum absolute atomic E-state index is 13.6. The first-order valence-corrected chi connectivity index (χ1v) is 12.5. The van der Waals surface area contributed by atoms with Crippen LogP contribution in [0, 0.1) is 5.41 Å². The molecule has 10 N–H and O–H groups in total. The van der Waals surface area contributed by atoms with Crippen molar-refractivity contribution in [3.8, 4) is 0 Å². The van der Waals surface area contributed by atoms with Gasteiger partial charge in [0.2, 0.25) is 11.8 Å². The van der Waals surface area contributed by atoms with Crippen LogP contribution < -0.4 is 33.2 Å². The molecule has 37 heavy (non-hydrogen) atoms. The minimum atomic E-state index is -0.845.